The number of hydrogen-bond acceptors (Lipinski definition) is 4. The van der Waals surface area contributed by atoms with E-state index in [1.54, 1.807) is 48.4 Å². The zero-order chi connectivity index (χ0) is 19.8. The fraction of sp³-hybridized carbons (Fsp3) is 0.273. The fourth-order valence-electron chi connectivity index (χ4n) is 3.08. The Hall–Kier alpha value is -2.60. The minimum Gasteiger partial charge on any atom is -0.478 e. The van der Waals surface area contributed by atoms with Crippen molar-refractivity contribution < 1.29 is 14.3 Å². The van der Waals surface area contributed by atoms with E-state index in [9.17, 15) is 14.3 Å². The van der Waals surface area contributed by atoms with Gasteiger partial charge in [0, 0.05) is 25.1 Å². The molecule has 1 atom stereocenters. The number of aromatic nitrogens is 1. The maximum absolute atomic E-state index is 13.0. The maximum Gasteiger partial charge on any atom is 0.334 e. The molecule has 1 N–H and O–H groups in total. The molecule has 3 rings (SSSR count). The molecule has 0 radical (unpaired) electrons. The SMILES string of the molecule is O=C(O)C1=CC=CN(CCc2ccncc2)C1SCCCc1ccc(F)cc1. The second-order valence-corrected chi connectivity index (χ2v) is 7.75. The Morgan fingerprint density at radius 3 is 2.54 bits per heavy atom. The highest BCUT2D eigenvalue weighted by Crippen LogP contribution is 2.28. The number of pyridine rings is 1. The van der Waals surface area contributed by atoms with Crippen LogP contribution < -0.4 is 0 Å². The third-order valence-corrected chi connectivity index (χ3v) is 5.94. The summed E-state index contributed by atoms with van der Waals surface area (Å²) in [6.45, 7) is 0.737. The Morgan fingerprint density at radius 2 is 1.82 bits per heavy atom. The quantitative estimate of drug-likeness (QED) is 0.639. The molecular formula is C22H23FN2O2S. The van der Waals surface area contributed by atoms with Crippen molar-refractivity contribution in [2.24, 2.45) is 0 Å². The smallest absolute Gasteiger partial charge is 0.334 e. The molecular weight excluding hydrogens is 375 g/mol. The first-order valence-corrected chi connectivity index (χ1v) is 10.3. The fourth-order valence-corrected chi connectivity index (χ4v) is 4.34. The summed E-state index contributed by atoms with van der Waals surface area (Å²) < 4.78 is 13.0. The first-order valence-electron chi connectivity index (χ1n) is 9.26. The van der Waals surface area contributed by atoms with Gasteiger partial charge >= 0.3 is 5.97 Å². The second kappa shape index (κ2) is 10.1. The Balaban J connectivity index is 1.56. The molecule has 146 valence electrons. The van der Waals surface area contributed by atoms with Gasteiger partial charge in [-0.2, -0.15) is 0 Å². The van der Waals surface area contributed by atoms with Gasteiger partial charge in [-0.05, 0) is 72.6 Å². The molecule has 28 heavy (non-hydrogen) atoms. The molecule has 0 amide bonds. The van der Waals surface area contributed by atoms with Crippen molar-refractivity contribution in [1.29, 1.82) is 0 Å². The van der Waals surface area contributed by atoms with Gasteiger partial charge in [-0.3, -0.25) is 4.98 Å². The summed E-state index contributed by atoms with van der Waals surface area (Å²) in [4.78, 5) is 17.8. The summed E-state index contributed by atoms with van der Waals surface area (Å²) in [6.07, 6.45) is 11.6. The number of rotatable bonds is 9. The van der Waals surface area contributed by atoms with Gasteiger partial charge in [0.1, 0.15) is 11.2 Å². The number of halogens is 1. The van der Waals surface area contributed by atoms with Crippen molar-refractivity contribution in [2.45, 2.75) is 24.6 Å². The first-order chi connectivity index (χ1) is 13.6. The monoisotopic (exact) mass is 398 g/mol. The number of carbonyl (C=O) groups is 1. The second-order valence-electron chi connectivity index (χ2n) is 6.57. The van der Waals surface area contributed by atoms with Crippen molar-refractivity contribution in [3.8, 4) is 0 Å². The summed E-state index contributed by atoms with van der Waals surface area (Å²) in [5.41, 5.74) is 2.67. The van der Waals surface area contributed by atoms with Gasteiger partial charge in [-0.15, -0.1) is 11.8 Å². The van der Waals surface area contributed by atoms with Crippen LogP contribution in [0.2, 0.25) is 0 Å². The Kier molecular flexibility index (Phi) is 7.25. The summed E-state index contributed by atoms with van der Waals surface area (Å²) in [6, 6.07) is 10.5. The van der Waals surface area contributed by atoms with E-state index >= 15 is 0 Å². The number of carboxylic acid groups (broad SMARTS) is 1. The molecule has 6 heteroatoms. The van der Waals surface area contributed by atoms with Crippen molar-refractivity contribution >= 4 is 17.7 Å². The molecule has 0 saturated heterocycles. The number of nitrogens with zero attached hydrogens (tertiary/aromatic N) is 2. The number of thioether (sulfide) groups is 1. The lowest BCUT2D eigenvalue weighted by Crippen LogP contribution is -2.36. The number of benzene rings is 1. The number of allylic oxidation sites excluding steroid dienone is 2. The minimum atomic E-state index is -0.880. The summed E-state index contributed by atoms with van der Waals surface area (Å²) in [5.74, 6) is -0.283. The summed E-state index contributed by atoms with van der Waals surface area (Å²) in [7, 11) is 0. The summed E-state index contributed by atoms with van der Waals surface area (Å²) in [5, 5.41) is 9.38. The highest BCUT2D eigenvalue weighted by molar-refractivity contribution is 8.00. The predicted octanol–water partition coefficient (Wildman–Crippen LogP) is 4.30. The van der Waals surface area contributed by atoms with Crippen LogP contribution in [0, 0.1) is 5.82 Å². The average Bonchev–Trinajstić information content (AvgIpc) is 2.72. The topological polar surface area (TPSA) is 53.4 Å². The van der Waals surface area contributed by atoms with Crippen LogP contribution in [-0.4, -0.2) is 38.6 Å². The molecule has 2 aromatic rings. The van der Waals surface area contributed by atoms with E-state index in [2.05, 4.69) is 9.88 Å². The number of aliphatic carboxylic acids is 1. The van der Waals surface area contributed by atoms with Crippen LogP contribution in [-0.2, 0) is 17.6 Å². The number of carboxylic acids is 1. The highest BCUT2D eigenvalue weighted by atomic mass is 32.2. The van der Waals surface area contributed by atoms with E-state index in [0.717, 1.165) is 37.1 Å². The minimum absolute atomic E-state index is 0.211. The van der Waals surface area contributed by atoms with Gasteiger partial charge in [0.05, 0.1) is 5.57 Å². The lowest BCUT2D eigenvalue weighted by atomic mass is 10.1. The first kappa shape index (κ1) is 20.1. The molecule has 1 aromatic carbocycles. The molecule has 0 fully saturated rings. The van der Waals surface area contributed by atoms with Gasteiger partial charge in [0.2, 0.25) is 0 Å². The Labute approximate surface area is 168 Å². The van der Waals surface area contributed by atoms with Gasteiger partial charge < -0.3 is 10.0 Å². The largest absolute Gasteiger partial charge is 0.478 e. The normalized spacial score (nSPS) is 16.1. The van der Waals surface area contributed by atoms with Crippen molar-refractivity contribution in [2.75, 3.05) is 12.3 Å². The van der Waals surface area contributed by atoms with Crippen molar-refractivity contribution in [3.63, 3.8) is 0 Å². The van der Waals surface area contributed by atoms with E-state index in [0.29, 0.717) is 5.57 Å². The predicted molar refractivity (Wildman–Crippen MR) is 110 cm³/mol. The number of hydrogen-bond donors (Lipinski definition) is 1. The van der Waals surface area contributed by atoms with Crippen LogP contribution in [0.4, 0.5) is 4.39 Å². The lowest BCUT2D eigenvalue weighted by molar-refractivity contribution is -0.133. The Morgan fingerprint density at radius 1 is 1.11 bits per heavy atom. The van der Waals surface area contributed by atoms with Gasteiger partial charge in [0.15, 0.2) is 0 Å². The van der Waals surface area contributed by atoms with Gasteiger partial charge in [0.25, 0.3) is 0 Å². The molecule has 1 unspecified atom stereocenters. The number of aryl methyl sites for hydroxylation is 1. The molecule has 0 saturated carbocycles. The van der Waals surface area contributed by atoms with Crippen LogP contribution in [0.5, 0.6) is 0 Å². The van der Waals surface area contributed by atoms with Crippen molar-refractivity contribution in [1.82, 2.24) is 9.88 Å². The molecule has 4 nitrogen and oxygen atoms in total. The van der Waals surface area contributed by atoms with E-state index in [4.69, 9.17) is 0 Å². The summed E-state index contributed by atoms with van der Waals surface area (Å²) >= 11 is 1.64. The van der Waals surface area contributed by atoms with E-state index < -0.39 is 5.97 Å². The molecule has 0 aliphatic carbocycles. The zero-order valence-electron chi connectivity index (χ0n) is 15.5. The average molecular weight is 399 g/mol. The highest BCUT2D eigenvalue weighted by Gasteiger charge is 2.27. The Bertz CT molecular complexity index is 837. The van der Waals surface area contributed by atoms with Gasteiger partial charge in [-0.1, -0.05) is 12.1 Å². The molecule has 0 bridgehead atoms. The van der Waals surface area contributed by atoms with E-state index in [-0.39, 0.29) is 11.2 Å². The molecule has 1 aromatic heterocycles. The molecule has 1 aliphatic heterocycles. The third-order valence-electron chi connectivity index (χ3n) is 4.57. The molecule has 1 aliphatic rings. The van der Waals surface area contributed by atoms with Crippen molar-refractivity contribution in [3.05, 3.63) is 89.7 Å². The maximum atomic E-state index is 13.0. The van der Waals surface area contributed by atoms with Crippen LogP contribution in [0.1, 0.15) is 17.5 Å². The lowest BCUT2D eigenvalue weighted by Gasteiger charge is -2.33. The van der Waals surface area contributed by atoms with Crippen LogP contribution in [0.15, 0.2) is 72.7 Å². The molecule has 2 heterocycles. The standard InChI is InChI=1S/C22H23FN2O2S/c23-19-7-5-17(6-8-19)3-2-16-28-21-20(22(26)27)4-1-14-25(21)15-11-18-9-12-24-13-10-18/h1,4-10,12-14,21H,2-3,11,15-16H2,(H,26,27). The van der Waals surface area contributed by atoms with Crippen LogP contribution >= 0.6 is 11.8 Å². The molecule has 0 spiro atoms. The van der Waals surface area contributed by atoms with E-state index in [1.807, 2.05) is 18.3 Å². The van der Waals surface area contributed by atoms with Gasteiger partial charge in [-0.25, -0.2) is 9.18 Å². The zero-order valence-corrected chi connectivity index (χ0v) is 16.3. The van der Waals surface area contributed by atoms with E-state index in [1.165, 1.54) is 17.7 Å². The van der Waals surface area contributed by atoms with Crippen LogP contribution in [0.25, 0.3) is 0 Å². The van der Waals surface area contributed by atoms with Crippen LogP contribution in [0.3, 0.4) is 0 Å². The third kappa shape index (κ3) is 5.70.